The van der Waals surface area contributed by atoms with Crippen molar-refractivity contribution in [1.29, 1.82) is 0 Å². The van der Waals surface area contributed by atoms with E-state index < -0.39 is 28.7 Å². The molecule has 2 fully saturated rings. The molecule has 7 nitrogen and oxygen atoms in total. The number of ether oxygens (including phenoxy) is 1. The molecule has 0 aromatic heterocycles. The van der Waals surface area contributed by atoms with Crippen LogP contribution in [0.15, 0.2) is 54.6 Å². The fourth-order valence-corrected chi connectivity index (χ4v) is 5.48. The first-order chi connectivity index (χ1) is 17.0. The van der Waals surface area contributed by atoms with E-state index in [-0.39, 0.29) is 30.3 Å². The van der Waals surface area contributed by atoms with Gasteiger partial charge in [0.1, 0.15) is 6.04 Å². The highest BCUT2D eigenvalue weighted by atomic mass is 16.5. The summed E-state index contributed by atoms with van der Waals surface area (Å²) >= 11 is 0. The van der Waals surface area contributed by atoms with E-state index in [1.54, 1.807) is 38.1 Å². The second-order valence-electron chi connectivity index (χ2n) is 10.9. The summed E-state index contributed by atoms with van der Waals surface area (Å²) in [6, 6.07) is 14.8. The van der Waals surface area contributed by atoms with E-state index in [0.717, 1.165) is 5.56 Å². The minimum Gasteiger partial charge on any atom is -0.459 e. The largest absolute Gasteiger partial charge is 0.459 e. The average Bonchev–Trinajstić information content (AvgIpc) is 3.01. The van der Waals surface area contributed by atoms with Crippen molar-refractivity contribution in [1.82, 2.24) is 4.90 Å². The predicted molar refractivity (Wildman–Crippen MR) is 136 cm³/mol. The molecule has 0 radical (unpaired) electrons. The molecule has 1 N–H and O–H groups in total. The zero-order valence-electron chi connectivity index (χ0n) is 21.5. The van der Waals surface area contributed by atoms with Crippen LogP contribution >= 0.6 is 0 Å². The smallest absolute Gasteiger partial charge is 0.338 e. The fraction of sp³-hybridized carbons (Fsp3) is 0.448. The number of carbonyl (C=O) groups is 4. The Morgan fingerprint density at radius 3 is 2.28 bits per heavy atom. The molecule has 1 saturated carbocycles. The quantitative estimate of drug-likeness (QED) is 0.452. The van der Waals surface area contributed by atoms with Crippen LogP contribution in [0.4, 0.5) is 5.69 Å². The van der Waals surface area contributed by atoms with Crippen LogP contribution in [-0.2, 0) is 25.5 Å². The highest BCUT2D eigenvalue weighted by molar-refractivity contribution is 6.09. The Labute approximate surface area is 212 Å². The molecule has 1 aliphatic heterocycles. The van der Waals surface area contributed by atoms with E-state index in [0.29, 0.717) is 24.1 Å². The molecule has 2 bridgehead atoms. The van der Waals surface area contributed by atoms with E-state index in [1.807, 2.05) is 51.1 Å². The molecule has 1 saturated heterocycles. The number of carbonyl (C=O) groups excluding carboxylic acids is 4. The number of benzene rings is 2. The van der Waals surface area contributed by atoms with Crippen LogP contribution in [0.3, 0.4) is 0 Å². The maximum absolute atomic E-state index is 13.8. The van der Waals surface area contributed by atoms with Gasteiger partial charge in [-0.1, -0.05) is 51.1 Å². The maximum atomic E-state index is 13.8. The molecule has 190 valence electrons. The van der Waals surface area contributed by atoms with E-state index in [2.05, 4.69) is 5.32 Å². The first-order valence-corrected chi connectivity index (χ1v) is 12.5. The number of anilines is 1. The van der Waals surface area contributed by atoms with Gasteiger partial charge in [0, 0.05) is 18.0 Å². The standard InChI is InChI=1S/C29H34N2O5/c1-18(2)36-26(34)20-11-13-21(14-12-20)30-24(32)23(17-19-9-7-6-8-10-19)31-25(33)22-15-16-29(5,27(31)35)28(22,3)4/h6-14,18,22-23H,15-17H2,1-5H3,(H,30,32). The summed E-state index contributed by atoms with van der Waals surface area (Å²) in [6.45, 7) is 9.43. The zero-order valence-corrected chi connectivity index (χ0v) is 21.5. The van der Waals surface area contributed by atoms with Gasteiger partial charge in [-0.3, -0.25) is 19.3 Å². The summed E-state index contributed by atoms with van der Waals surface area (Å²) < 4.78 is 5.21. The van der Waals surface area contributed by atoms with Gasteiger partial charge in [0.25, 0.3) is 0 Å². The van der Waals surface area contributed by atoms with Gasteiger partial charge >= 0.3 is 5.97 Å². The maximum Gasteiger partial charge on any atom is 0.338 e. The van der Waals surface area contributed by atoms with Gasteiger partial charge in [0.05, 0.1) is 17.1 Å². The van der Waals surface area contributed by atoms with Gasteiger partial charge in [-0.15, -0.1) is 0 Å². The molecule has 0 spiro atoms. The van der Waals surface area contributed by atoms with Crippen molar-refractivity contribution in [3.05, 3.63) is 65.7 Å². The van der Waals surface area contributed by atoms with Crippen LogP contribution < -0.4 is 5.32 Å². The molecule has 1 aliphatic carbocycles. The van der Waals surface area contributed by atoms with Crippen LogP contribution in [0.5, 0.6) is 0 Å². The number of fused-ring (bicyclic) bond motifs is 2. The number of hydrogen-bond acceptors (Lipinski definition) is 5. The van der Waals surface area contributed by atoms with Gasteiger partial charge in [-0.2, -0.15) is 0 Å². The normalized spacial score (nSPS) is 23.5. The van der Waals surface area contributed by atoms with Crippen molar-refractivity contribution in [2.45, 2.75) is 66.0 Å². The number of hydrogen-bond donors (Lipinski definition) is 1. The first-order valence-electron chi connectivity index (χ1n) is 12.5. The van der Waals surface area contributed by atoms with E-state index in [4.69, 9.17) is 4.74 Å². The fourth-order valence-electron chi connectivity index (χ4n) is 5.48. The summed E-state index contributed by atoms with van der Waals surface area (Å²) in [7, 11) is 0. The second-order valence-corrected chi connectivity index (χ2v) is 10.9. The Kier molecular flexibility index (Phi) is 6.78. The summed E-state index contributed by atoms with van der Waals surface area (Å²) in [5.74, 6) is -1.75. The third kappa shape index (κ3) is 4.43. The minimum absolute atomic E-state index is 0.214. The van der Waals surface area contributed by atoms with E-state index >= 15 is 0 Å². The van der Waals surface area contributed by atoms with Crippen molar-refractivity contribution in [3.63, 3.8) is 0 Å². The van der Waals surface area contributed by atoms with Crippen molar-refractivity contribution in [3.8, 4) is 0 Å². The average molecular weight is 491 g/mol. The number of amides is 3. The van der Waals surface area contributed by atoms with Gasteiger partial charge in [-0.05, 0) is 61.9 Å². The van der Waals surface area contributed by atoms with Crippen molar-refractivity contribution >= 4 is 29.4 Å². The lowest BCUT2D eigenvalue weighted by Gasteiger charge is -2.49. The number of nitrogens with one attached hydrogen (secondary N) is 1. The van der Waals surface area contributed by atoms with E-state index in [9.17, 15) is 19.2 Å². The third-order valence-corrected chi connectivity index (χ3v) is 8.07. The molecule has 2 aliphatic rings. The molecular weight excluding hydrogens is 456 g/mol. The summed E-state index contributed by atoms with van der Waals surface area (Å²) in [4.78, 5) is 54.4. The van der Waals surface area contributed by atoms with Gasteiger partial charge in [0.2, 0.25) is 17.7 Å². The van der Waals surface area contributed by atoms with Gasteiger partial charge < -0.3 is 10.1 Å². The molecule has 3 unspecified atom stereocenters. The summed E-state index contributed by atoms with van der Waals surface area (Å²) in [6.07, 6.45) is 1.24. The first kappa shape index (κ1) is 25.6. The van der Waals surface area contributed by atoms with Crippen LogP contribution in [0.25, 0.3) is 0 Å². The molecular formula is C29H34N2O5. The SMILES string of the molecule is CC(C)OC(=O)c1ccc(NC(=O)C(Cc2ccccc2)N2C(=O)C3CCC(C)(C2=O)C3(C)C)cc1. The lowest BCUT2D eigenvalue weighted by molar-refractivity contribution is -0.172. The van der Waals surface area contributed by atoms with Gasteiger partial charge in [-0.25, -0.2) is 4.79 Å². The monoisotopic (exact) mass is 490 g/mol. The minimum atomic E-state index is -0.992. The summed E-state index contributed by atoms with van der Waals surface area (Å²) in [5, 5.41) is 2.85. The molecule has 2 aromatic carbocycles. The number of likely N-dealkylation sites (tertiary alicyclic amines) is 1. The molecule has 4 rings (SSSR count). The van der Waals surface area contributed by atoms with E-state index in [1.165, 1.54) is 4.90 Å². The number of nitrogens with zero attached hydrogens (tertiary/aromatic N) is 1. The van der Waals surface area contributed by atoms with Crippen LogP contribution in [0.2, 0.25) is 0 Å². The molecule has 1 heterocycles. The number of rotatable bonds is 7. The highest BCUT2D eigenvalue weighted by Gasteiger charge is 2.65. The van der Waals surface area contributed by atoms with Crippen molar-refractivity contribution in [2.24, 2.45) is 16.7 Å². The predicted octanol–water partition coefficient (Wildman–Crippen LogP) is 4.61. The molecule has 7 heteroatoms. The Balaban J connectivity index is 1.62. The topological polar surface area (TPSA) is 92.8 Å². The molecule has 3 atom stereocenters. The van der Waals surface area contributed by atoms with Crippen LogP contribution in [0.1, 0.15) is 63.4 Å². The number of esters is 1. The van der Waals surface area contributed by atoms with Crippen molar-refractivity contribution < 1.29 is 23.9 Å². The Morgan fingerprint density at radius 2 is 1.67 bits per heavy atom. The number of imide groups is 1. The third-order valence-electron chi connectivity index (χ3n) is 8.07. The van der Waals surface area contributed by atoms with Crippen LogP contribution in [0, 0.1) is 16.7 Å². The zero-order chi connectivity index (χ0) is 26.3. The lowest BCUT2D eigenvalue weighted by Crippen LogP contribution is -2.64. The Hall–Kier alpha value is -3.48. The Morgan fingerprint density at radius 1 is 1.03 bits per heavy atom. The molecule has 3 amide bonds. The lowest BCUT2D eigenvalue weighted by atomic mass is 9.62. The number of piperidine rings is 1. The summed E-state index contributed by atoms with van der Waals surface area (Å²) in [5.41, 5.74) is 0.513. The highest BCUT2D eigenvalue weighted by Crippen LogP contribution is 2.60. The Bertz CT molecular complexity index is 1170. The van der Waals surface area contributed by atoms with Crippen LogP contribution in [-0.4, -0.2) is 40.7 Å². The molecule has 2 aromatic rings. The second kappa shape index (κ2) is 9.52. The molecule has 36 heavy (non-hydrogen) atoms. The van der Waals surface area contributed by atoms with Gasteiger partial charge in [0.15, 0.2) is 0 Å². The van der Waals surface area contributed by atoms with Crippen molar-refractivity contribution in [2.75, 3.05) is 5.32 Å².